The molecule has 44 heteroatoms. The van der Waals surface area contributed by atoms with E-state index in [0.717, 1.165) is 11.1 Å². The van der Waals surface area contributed by atoms with Gasteiger partial charge in [-0.05, 0) is 146 Å². The summed E-state index contributed by atoms with van der Waals surface area (Å²) in [5, 5.41) is 2.27. The average molecular weight is 2140 g/mol. The number of methoxy groups -OCH3 is 3. The van der Waals surface area contributed by atoms with E-state index in [-0.39, 0.29) is 99.7 Å². The van der Waals surface area contributed by atoms with Crippen LogP contribution >= 0.6 is 0 Å². The summed E-state index contributed by atoms with van der Waals surface area (Å²) >= 11 is 0. The number of nitrogens with one attached hydrogen (secondary N) is 1. The van der Waals surface area contributed by atoms with Gasteiger partial charge in [0.1, 0.15) is 6.61 Å². The van der Waals surface area contributed by atoms with Crippen molar-refractivity contribution in [1.29, 1.82) is 0 Å². The van der Waals surface area contributed by atoms with Crippen molar-refractivity contribution >= 4 is 131 Å². The van der Waals surface area contributed by atoms with Gasteiger partial charge in [0.25, 0.3) is 10.1 Å². The molecular formula is C99H105NO34S9. The van der Waals surface area contributed by atoms with Crippen LogP contribution in [0.25, 0.3) is 6.08 Å². The molecule has 0 saturated carbocycles. The van der Waals surface area contributed by atoms with Crippen LogP contribution in [0.2, 0.25) is 0 Å². The molecule has 0 aliphatic heterocycles. The molecule has 143 heavy (non-hydrogen) atoms. The van der Waals surface area contributed by atoms with Crippen molar-refractivity contribution in [1.82, 2.24) is 5.32 Å². The van der Waals surface area contributed by atoms with Crippen molar-refractivity contribution in [3.63, 3.8) is 0 Å². The number of esters is 5. The Labute approximate surface area is 833 Å². The van der Waals surface area contributed by atoms with Crippen LogP contribution in [0.4, 0.5) is 4.79 Å². The third-order valence-corrected chi connectivity index (χ3v) is 30.7. The first kappa shape index (κ1) is 121. The molecule has 1 N–H and O–H groups in total. The van der Waals surface area contributed by atoms with Gasteiger partial charge >= 0.3 is 35.9 Å². The molecule has 0 unspecified atom stereocenters. The molecule has 1 amide bonds. The van der Waals surface area contributed by atoms with Crippen LogP contribution < -0.4 is 5.32 Å². The van der Waals surface area contributed by atoms with Crippen molar-refractivity contribution < 1.29 is 151 Å². The van der Waals surface area contributed by atoms with Crippen LogP contribution in [0.15, 0.2) is 427 Å². The monoisotopic (exact) mass is 2140 g/mol. The zero-order valence-electron chi connectivity index (χ0n) is 77.8. The van der Waals surface area contributed by atoms with Gasteiger partial charge in [-0.1, -0.05) is 245 Å². The van der Waals surface area contributed by atoms with E-state index in [9.17, 15) is 105 Å². The molecule has 0 spiro atoms. The second kappa shape index (κ2) is 61.1. The van der Waals surface area contributed by atoms with Gasteiger partial charge in [-0.15, -0.1) is 0 Å². The molecule has 0 atom stereocenters. The highest BCUT2D eigenvalue weighted by molar-refractivity contribution is 7.93. The van der Waals surface area contributed by atoms with E-state index in [0.29, 0.717) is 10.5 Å². The standard InChI is InChI=1S/C16H16O3S.C14H17NO6S.C14H12O4S.C13H12O5S2.C12H14O5S.2C11H12O4S.C8H10O3S/c1-2-14-8-10-15(11-9-14)12-19-13-20(17,18)16-6-4-3-5-7-16;1-11(2)13(16)20-9-8-15-14(17)21-10-22(18,19)12-6-4-3-5-7-12;15-14(12-7-3-1-4-8-12)18-11-19(16,17)13-9-5-2-6-10-13;14-19(15,12-7-3-1-4-8-12)11-18-20(16,17)13-9-5-2-6-10-13;1-10(12(13)16-2)8-17-9-18(14,15)11-6-4-3-5-7-11;1-9(11(12)15-2)8-16(13,14)10-6-4-3-5-7-10;1-9(2)11(12)15-8-16(13,14)10-6-4-3-5-7-10;1-11-7-12(9,10)8-5-3-2-4-6-8/h2-11H,1,12-13H2;3-7H,1,8-10H2,2H3,(H,15,17);1-10H,11H2;1-10H,11H2;3-7H,1,8-9H2,2H3;2*3-7H,1,8H2,2H3;2-6H,7H2,1H3. The molecule has 35 nitrogen and oxygen atoms in total. The molecule has 0 bridgehead atoms. The molecular weight excluding hydrogens is 2040 g/mol. The number of hydrogen-bond donors (Lipinski definition) is 1. The van der Waals surface area contributed by atoms with Gasteiger partial charge in [-0.25, -0.2) is 100 Å². The Morgan fingerprint density at radius 2 is 0.587 bits per heavy atom. The summed E-state index contributed by atoms with van der Waals surface area (Å²) in [5.41, 5.74) is 2.68. The molecule has 0 saturated heterocycles. The summed E-state index contributed by atoms with van der Waals surface area (Å²) in [6.45, 7) is 20.2. The lowest BCUT2D eigenvalue weighted by Crippen LogP contribution is -2.30. The van der Waals surface area contributed by atoms with Crippen molar-refractivity contribution in [2.75, 3.05) is 88.4 Å². The minimum atomic E-state index is -4.08. The number of carbonyl (C=O) groups excluding carboxylic acids is 6. The summed E-state index contributed by atoms with van der Waals surface area (Å²) in [6.07, 6.45) is 0.843. The van der Waals surface area contributed by atoms with Crippen molar-refractivity contribution in [2.24, 2.45) is 0 Å². The predicted molar refractivity (Wildman–Crippen MR) is 532 cm³/mol. The fourth-order valence-electron chi connectivity index (χ4n) is 10.1. The third kappa shape index (κ3) is 45.7. The highest BCUT2D eigenvalue weighted by Gasteiger charge is 2.26. The maximum atomic E-state index is 12.0. The molecule has 11 aromatic rings. The number of ether oxygens (including phenoxy) is 9. The van der Waals surface area contributed by atoms with Crippen molar-refractivity contribution in [2.45, 2.75) is 64.5 Å². The Balaban J connectivity index is 0.000000342. The zero-order valence-corrected chi connectivity index (χ0v) is 85.2. The number of carbonyl (C=O) groups is 6. The fourth-order valence-corrected chi connectivity index (χ4v) is 19.7. The van der Waals surface area contributed by atoms with E-state index in [1.807, 2.05) is 24.3 Å². The van der Waals surface area contributed by atoms with E-state index in [1.54, 1.807) is 212 Å². The minimum Gasteiger partial charge on any atom is -0.466 e. The van der Waals surface area contributed by atoms with Gasteiger partial charge in [0, 0.05) is 23.8 Å². The van der Waals surface area contributed by atoms with Crippen LogP contribution in [0.3, 0.4) is 0 Å². The molecule has 11 rings (SSSR count). The first-order valence-electron chi connectivity index (χ1n) is 41.3. The van der Waals surface area contributed by atoms with E-state index in [1.165, 1.54) is 132 Å². The number of sulfone groups is 8. The SMILES string of the molecule is C=C(C)C(=O)OCCNC(=O)OCS(=O)(=O)c1ccccc1.C=C(C)C(=O)OCS(=O)(=O)c1ccccc1.C=C(COCS(=O)(=O)c1ccccc1)C(=O)OC.C=C(CS(=O)(=O)c1ccccc1)C(=O)OC.C=Cc1ccc(COCS(=O)(=O)c2ccccc2)cc1.COCS(=O)(=O)c1ccccc1.O=C(OCS(=O)(=O)c1ccccc1)c1ccccc1.O=S(=O)(COS(=O)(=O)c1ccccc1)c1ccccc1. The van der Waals surface area contributed by atoms with Crippen LogP contribution in [0.5, 0.6) is 0 Å². The molecule has 0 aromatic heterocycles. The van der Waals surface area contributed by atoms with Crippen molar-refractivity contribution in [3.05, 3.63) is 399 Å². The molecule has 0 heterocycles. The van der Waals surface area contributed by atoms with Gasteiger partial charge < -0.3 is 47.9 Å². The molecule has 11 aromatic carbocycles. The third-order valence-electron chi connectivity index (χ3n) is 17.4. The van der Waals surface area contributed by atoms with Crippen LogP contribution in [0, 0.1) is 0 Å². The first-order valence-corrected chi connectivity index (χ1v) is 56.0. The Bertz CT molecular complexity index is 7030. The van der Waals surface area contributed by atoms with E-state index < -0.39 is 160 Å². The van der Waals surface area contributed by atoms with Crippen molar-refractivity contribution in [3.8, 4) is 0 Å². The lowest BCUT2D eigenvalue weighted by Gasteiger charge is -2.08. The van der Waals surface area contributed by atoms with Gasteiger partial charge in [0.15, 0.2) is 51.4 Å². The Kier molecular flexibility index (Phi) is 51.9. The molecule has 0 aliphatic rings. The number of amides is 1. The zero-order chi connectivity index (χ0) is 106. The van der Waals surface area contributed by atoms with E-state index >= 15 is 0 Å². The highest BCUT2D eigenvalue weighted by Crippen LogP contribution is 2.21. The average Bonchev–Trinajstić information content (AvgIpc) is 0.826. The maximum Gasteiger partial charge on any atom is 0.408 e. The number of rotatable bonds is 39. The van der Waals surface area contributed by atoms with Crippen LogP contribution in [-0.2, 0) is 161 Å². The van der Waals surface area contributed by atoms with E-state index in [2.05, 4.69) is 66.1 Å². The number of hydrogen-bond acceptors (Lipinski definition) is 34. The first-order chi connectivity index (χ1) is 67.5. The van der Waals surface area contributed by atoms with Gasteiger partial charge in [0.2, 0.25) is 68.9 Å². The fraction of sp³-hybridized carbons (Fsp3) is 0.172. The largest absolute Gasteiger partial charge is 0.466 e. The van der Waals surface area contributed by atoms with Gasteiger partial charge in [0.05, 0.1) is 94.9 Å². The van der Waals surface area contributed by atoms with Gasteiger partial charge in [-0.2, -0.15) is 8.42 Å². The molecule has 0 radical (unpaired) electrons. The van der Waals surface area contributed by atoms with Crippen LogP contribution in [-0.4, -0.2) is 200 Å². The van der Waals surface area contributed by atoms with Gasteiger partial charge in [-0.3, -0.25) is 0 Å². The summed E-state index contributed by atoms with van der Waals surface area (Å²) in [6, 6.07) is 86.5. The normalized spacial score (nSPS) is 11.1. The maximum absolute atomic E-state index is 12.0. The lowest BCUT2D eigenvalue weighted by molar-refractivity contribution is -0.139. The lowest BCUT2D eigenvalue weighted by atomic mass is 10.1. The Hall–Kier alpha value is -13.9. The molecule has 0 fully saturated rings. The second-order valence-electron chi connectivity index (χ2n) is 28.7. The minimum absolute atomic E-state index is 0.00321. The summed E-state index contributed by atoms with van der Waals surface area (Å²) in [5.74, 6) is -7.79. The van der Waals surface area contributed by atoms with E-state index in [4.69, 9.17) is 18.9 Å². The molecule has 764 valence electrons. The Morgan fingerprint density at radius 1 is 0.301 bits per heavy atom. The quantitative estimate of drug-likeness (QED) is 0.0123. The highest BCUT2D eigenvalue weighted by atomic mass is 32.2. The smallest absolute Gasteiger partial charge is 0.408 e. The number of alkyl carbamates (subject to hydrolysis) is 1. The predicted octanol–water partition coefficient (Wildman–Crippen LogP) is 13.6. The number of benzene rings is 11. The topological polar surface area (TPSA) is 514 Å². The van der Waals surface area contributed by atoms with Crippen LogP contribution in [0.1, 0.15) is 35.3 Å². The molecule has 0 aliphatic carbocycles. The second-order valence-corrected chi connectivity index (χ2v) is 45.8. The summed E-state index contributed by atoms with van der Waals surface area (Å²) < 4.78 is 259. The Morgan fingerprint density at radius 3 is 0.923 bits per heavy atom. The summed E-state index contributed by atoms with van der Waals surface area (Å²) in [4.78, 5) is 68.3. The summed E-state index contributed by atoms with van der Waals surface area (Å²) in [7, 11) is -28.6.